The number of carbonyl (C=O) groups excluding carboxylic acids is 3. The number of amides is 3. The lowest BCUT2D eigenvalue weighted by Gasteiger charge is -2.12. The van der Waals surface area contributed by atoms with Crippen LogP contribution in [0.1, 0.15) is 31.2 Å². The monoisotopic (exact) mass is 334 g/mol. The van der Waals surface area contributed by atoms with Crippen LogP contribution in [0.4, 0.5) is 9.18 Å². The van der Waals surface area contributed by atoms with Crippen molar-refractivity contribution in [2.45, 2.75) is 31.7 Å². The number of hydrogen-bond donors (Lipinski definition) is 2. The average molecular weight is 334 g/mol. The Bertz CT molecular complexity index is 622. The number of hydrogen-bond acceptors (Lipinski definition) is 4. The molecule has 0 saturated heterocycles. The summed E-state index contributed by atoms with van der Waals surface area (Å²) in [5.74, 6) is -1.80. The molecule has 1 saturated carbocycles. The van der Waals surface area contributed by atoms with Gasteiger partial charge >= 0.3 is 12.0 Å². The van der Waals surface area contributed by atoms with E-state index in [1.165, 1.54) is 30.3 Å². The van der Waals surface area contributed by atoms with E-state index in [1.807, 2.05) is 0 Å². The van der Waals surface area contributed by atoms with Crippen molar-refractivity contribution in [3.05, 3.63) is 41.7 Å². The Labute approximate surface area is 139 Å². The number of nitrogens with one attached hydrogen (secondary N) is 2. The van der Waals surface area contributed by atoms with Crippen LogP contribution in [0.15, 0.2) is 30.3 Å². The predicted molar refractivity (Wildman–Crippen MR) is 85.3 cm³/mol. The lowest BCUT2D eigenvalue weighted by Crippen LogP contribution is -2.44. The largest absolute Gasteiger partial charge is 0.452 e. The number of halogens is 1. The van der Waals surface area contributed by atoms with Crippen LogP contribution in [-0.4, -0.2) is 30.6 Å². The number of rotatable bonds is 5. The summed E-state index contributed by atoms with van der Waals surface area (Å²) in [6.07, 6.45) is 6.51. The van der Waals surface area contributed by atoms with E-state index >= 15 is 0 Å². The molecule has 0 bridgehead atoms. The molecule has 6 nitrogen and oxygen atoms in total. The van der Waals surface area contributed by atoms with Crippen LogP contribution in [0.2, 0.25) is 0 Å². The molecule has 1 aliphatic carbocycles. The van der Waals surface area contributed by atoms with Crippen molar-refractivity contribution >= 4 is 24.0 Å². The molecule has 0 radical (unpaired) electrons. The summed E-state index contributed by atoms with van der Waals surface area (Å²) in [6, 6.07) is 5.05. The smallest absolute Gasteiger partial charge is 0.331 e. The first-order valence-corrected chi connectivity index (χ1v) is 7.73. The number of ether oxygens (including phenoxy) is 1. The number of carbonyl (C=O) groups is 3. The van der Waals surface area contributed by atoms with E-state index in [0.29, 0.717) is 5.56 Å². The van der Waals surface area contributed by atoms with E-state index in [1.54, 1.807) is 0 Å². The second-order valence-corrected chi connectivity index (χ2v) is 5.50. The Morgan fingerprint density at radius 1 is 1.17 bits per heavy atom. The van der Waals surface area contributed by atoms with E-state index in [2.05, 4.69) is 10.6 Å². The molecular weight excluding hydrogens is 315 g/mol. The topological polar surface area (TPSA) is 84.5 Å². The molecule has 0 unspecified atom stereocenters. The highest BCUT2D eigenvalue weighted by Crippen LogP contribution is 2.17. The third kappa shape index (κ3) is 6.20. The van der Waals surface area contributed by atoms with Crippen molar-refractivity contribution in [1.29, 1.82) is 0 Å². The van der Waals surface area contributed by atoms with Crippen LogP contribution < -0.4 is 10.6 Å². The summed E-state index contributed by atoms with van der Waals surface area (Å²) >= 11 is 0. The van der Waals surface area contributed by atoms with Gasteiger partial charge in [-0.05, 0) is 36.6 Å². The van der Waals surface area contributed by atoms with Gasteiger partial charge in [0.2, 0.25) is 0 Å². The van der Waals surface area contributed by atoms with E-state index in [0.717, 1.165) is 31.8 Å². The van der Waals surface area contributed by atoms with Crippen LogP contribution in [0.3, 0.4) is 0 Å². The van der Waals surface area contributed by atoms with E-state index < -0.39 is 24.5 Å². The molecule has 0 atom stereocenters. The fourth-order valence-corrected chi connectivity index (χ4v) is 2.38. The normalized spacial score (nSPS) is 14.5. The molecule has 7 heteroatoms. The van der Waals surface area contributed by atoms with Crippen molar-refractivity contribution < 1.29 is 23.5 Å². The number of imide groups is 1. The lowest BCUT2D eigenvalue weighted by molar-refractivity contribution is -0.143. The van der Waals surface area contributed by atoms with Gasteiger partial charge in [-0.15, -0.1) is 0 Å². The second kappa shape index (κ2) is 8.81. The Kier molecular flexibility index (Phi) is 6.48. The van der Waals surface area contributed by atoms with Crippen LogP contribution in [0.25, 0.3) is 6.08 Å². The Morgan fingerprint density at radius 3 is 2.50 bits per heavy atom. The summed E-state index contributed by atoms with van der Waals surface area (Å²) in [5, 5.41) is 4.80. The van der Waals surface area contributed by atoms with Gasteiger partial charge in [0.15, 0.2) is 6.61 Å². The first-order chi connectivity index (χ1) is 11.5. The van der Waals surface area contributed by atoms with Crippen LogP contribution in [0, 0.1) is 5.82 Å². The summed E-state index contributed by atoms with van der Waals surface area (Å²) in [6.45, 7) is -0.551. The zero-order chi connectivity index (χ0) is 17.4. The van der Waals surface area contributed by atoms with Gasteiger partial charge in [-0.25, -0.2) is 14.0 Å². The molecule has 1 fully saturated rings. The molecule has 1 aromatic rings. The molecule has 0 spiro atoms. The van der Waals surface area contributed by atoms with Gasteiger partial charge in [0.25, 0.3) is 5.91 Å². The molecule has 2 N–H and O–H groups in total. The van der Waals surface area contributed by atoms with Crippen molar-refractivity contribution in [3.8, 4) is 0 Å². The van der Waals surface area contributed by atoms with Crippen molar-refractivity contribution in [2.75, 3.05) is 6.61 Å². The van der Waals surface area contributed by atoms with Crippen LogP contribution in [0.5, 0.6) is 0 Å². The maximum atomic E-state index is 12.7. The van der Waals surface area contributed by atoms with Gasteiger partial charge in [0, 0.05) is 12.1 Å². The Morgan fingerprint density at radius 2 is 1.83 bits per heavy atom. The second-order valence-electron chi connectivity index (χ2n) is 5.50. The van der Waals surface area contributed by atoms with E-state index in [-0.39, 0.29) is 11.9 Å². The SMILES string of the molecule is O=C(COC(=O)/C=C/c1ccc(F)cc1)NC(=O)NC1CCCC1. The fraction of sp³-hybridized carbons (Fsp3) is 0.353. The zero-order valence-electron chi connectivity index (χ0n) is 13.1. The minimum atomic E-state index is -0.731. The molecule has 3 amide bonds. The van der Waals surface area contributed by atoms with Gasteiger partial charge in [-0.3, -0.25) is 10.1 Å². The number of benzene rings is 1. The maximum Gasteiger partial charge on any atom is 0.331 e. The Hall–Kier alpha value is -2.70. The third-order valence-electron chi connectivity index (χ3n) is 3.57. The molecule has 0 heterocycles. The lowest BCUT2D eigenvalue weighted by atomic mass is 10.2. The Balaban J connectivity index is 1.67. The van der Waals surface area contributed by atoms with Crippen molar-refractivity contribution in [2.24, 2.45) is 0 Å². The number of esters is 1. The van der Waals surface area contributed by atoms with Crippen LogP contribution in [-0.2, 0) is 14.3 Å². The van der Waals surface area contributed by atoms with Crippen molar-refractivity contribution in [3.63, 3.8) is 0 Å². The average Bonchev–Trinajstić information content (AvgIpc) is 3.05. The molecular formula is C17H19FN2O4. The minimum Gasteiger partial charge on any atom is -0.452 e. The summed E-state index contributed by atoms with van der Waals surface area (Å²) in [4.78, 5) is 34.6. The van der Waals surface area contributed by atoms with Gasteiger partial charge in [-0.1, -0.05) is 25.0 Å². The van der Waals surface area contributed by atoms with Gasteiger partial charge in [-0.2, -0.15) is 0 Å². The van der Waals surface area contributed by atoms with Gasteiger partial charge in [0.05, 0.1) is 0 Å². The highest BCUT2D eigenvalue weighted by atomic mass is 19.1. The molecule has 128 valence electrons. The van der Waals surface area contributed by atoms with Crippen LogP contribution >= 0.6 is 0 Å². The van der Waals surface area contributed by atoms with Crippen molar-refractivity contribution in [1.82, 2.24) is 10.6 Å². The quantitative estimate of drug-likeness (QED) is 0.638. The first-order valence-electron chi connectivity index (χ1n) is 7.73. The maximum absolute atomic E-state index is 12.7. The summed E-state index contributed by atoms with van der Waals surface area (Å²) < 4.78 is 17.5. The molecule has 24 heavy (non-hydrogen) atoms. The summed E-state index contributed by atoms with van der Waals surface area (Å²) in [5.41, 5.74) is 0.619. The summed E-state index contributed by atoms with van der Waals surface area (Å²) in [7, 11) is 0. The molecule has 0 aliphatic heterocycles. The molecule has 0 aromatic heterocycles. The highest BCUT2D eigenvalue weighted by Gasteiger charge is 2.18. The highest BCUT2D eigenvalue weighted by molar-refractivity contribution is 5.96. The molecule has 2 rings (SSSR count). The van der Waals surface area contributed by atoms with Gasteiger partial charge in [0.1, 0.15) is 5.82 Å². The number of urea groups is 1. The first kappa shape index (κ1) is 17.7. The zero-order valence-corrected chi connectivity index (χ0v) is 13.1. The fourth-order valence-electron chi connectivity index (χ4n) is 2.38. The molecule has 1 aliphatic rings. The third-order valence-corrected chi connectivity index (χ3v) is 3.57. The van der Waals surface area contributed by atoms with E-state index in [9.17, 15) is 18.8 Å². The standard InChI is InChI=1S/C17H19FN2O4/c18-13-8-5-12(6-9-13)7-10-16(22)24-11-15(21)20-17(23)19-14-3-1-2-4-14/h5-10,14H,1-4,11H2,(H2,19,20,21,23)/b10-7+. The minimum absolute atomic E-state index is 0.0963. The van der Waals surface area contributed by atoms with Gasteiger partial charge < -0.3 is 10.1 Å². The predicted octanol–water partition coefficient (Wildman–Crippen LogP) is 2.15. The van der Waals surface area contributed by atoms with E-state index in [4.69, 9.17) is 4.74 Å². The molecule has 1 aromatic carbocycles.